The van der Waals surface area contributed by atoms with Gasteiger partial charge in [-0.05, 0) is 185 Å². The molecule has 0 amide bonds. The molecule has 19 aromatic rings. The molecule has 0 N–H and O–H groups in total. The fraction of sp³-hybridized carbons (Fsp3) is 0.0256. The second-order valence-corrected chi connectivity index (χ2v) is 41.6. The highest BCUT2D eigenvalue weighted by atomic mass is 31.2. The average Bonchev–Trinajstić information content (AvgIpc) is 1.45. The van der Waals surface area contributed by atoms with Crippen LogP contribution in [0.3, 0.4) is 0 Å². The Morgan fingerprint density at radius 2 is 0.333 bits per heavy atom. The molecule has 0 fully saturated rings. The number of fused-ring (bicyclic) bond motifs is 33. The molecule has 6 aliphatic rings. The summed E-state index contributed by atoms with van der Waals surface area (Å²) in [5.74, 6) is 0. The van der Waals surface area contributed by atoms with E-state index in [-0.39, 0.29) is 0 Å². The third-order valence-corrected chi connectivity index (χ3v) is 37.2. The van der Waals surface area contributed by atoms with E-state index in [1.54, 1.807) is 0 Å². The van der Waals surface area contributed by atoms with Gasteiger partial charge < -0.3 is 13.7 Å². The van der Waals surface area contributed by atoms with Crippen LogP contribution in [0.1, 0.15) is 66.8 Å². The van der Waals surface area contributed by atoms with Gasteiger partial charge in [-0.3, -0.25) is 0 Å². The molecule has 25 rings (SSSR count). The molecule has 6 aliphatic carbocycles. The van der Waals surface area contributed by atoms with Crippen LogP contribution in [0.15, 0.2) is 455 Å². The summed E-state index contributed by atoms with van der Waals surface area (Å²) in [5.41, 5.74) is 28.6. The highest BCUT2D eigenvalue weighted by Crippen LogP contribution is 2.77. The zero-order valence-corrected chi connectivity index (χ0v) is 69.6. The summed E-state index contributed by atoms with van der Waals surface area (Å²) in [5, 5.41) is 6.64. The molecule has 0 bridgehead atoms. The third-order valence-electron chi connectivity index (χ3n) is 27.9. The Morgan fingerprint density at radius 1 is 0.146 bits per heavy atom. The Kier molecular flexibility index (Phi) is 15.7. The predicted molar refractivity (Wildman–Crippen MR) is 510 cm³/mol. The van der Waals surface area contributed by atoms with Crippen molar-refractivity contribution in [2.45, 2.75) is 16.2 Å². The predicted octanol–water partition coefficient (Wildman–Crippen LogP) is 24.6. The highest BCUT2D eigenvalue weighted by Gasteiger charge is 2.65. The van der Waals surface area contributed by atoms with Gasteiger partial charge in [0.05, 0.1) is 16.2 Å². The van der Waals surface area contributed by atoms with Crippen molar-refractivity contribution in [3.8, 4) is 100 Å². The molecule has 123 heavy (non-hydrogen) atoms. The highest BCUT2D eigenvalue weighted by molar-refractivity contribution is 7.86. The lowest BCUT2D eigenvalue weighted by Gasteiger charge is -2.37. The minimum absolute atomic E-state index is 0.720. The van der Waals surface area contributed by atoms with Crippen LogP contribution in [0.4, 0.5) is 0 Å². The van der Waals surface area contributed by atoms with Gasteiger partial charge in [0, 0.05) is 47.7 Å². The normalized spacial score (nSPS) is 15.3. The zero-order valence-electron chi connectivity index (χ0n) is 66.9. The van der Waals surface area contributed by atoms with Crippen LogP contribution < -0.4 is 47.7 Å². The molecule has 6 heteroatoms. The minimum atomic E-state index is -3.92. The van der Waals surface area contributed by atoms with Gasteiger partial charge in [-0.15, -0.1) is 0 Å². The maximum atomic E-state index is 18.5. The van der Waals surface area contributed by atoms with Crippen molar-refractivity contribution >= 4 is 69.2 Å². The Hall–Kier alpha value is -14.1. The molecular weight excluding hydrogens is 1550 g/mol. The molecule has 0 aliphatic heterocycles. The van der Waals surface area contributed by atoms with Crippen molar-refractivity contribution in [3.05, 3.63) is 522 Å². The molecule has 0 aromatic heterocycles. The van der Waals surface area contributed by atoms with E-state index in [4.69, 9.17) is 0 Å². The first kappa shape index (κ1) is 71.8. The van der Waals surface area contributed by atoms with Crippen molar-refractivity contribution in [3.63, 3.8) is 0 Å². The van der Waals surface area contributed by atoms with E-state index in [0.29, 0.717) is 0 Å². The van der Waals surface area contributed by atoms with Crippen molar-refractivity contribution in [2.24, 2.45) is 0 Å². The maximum Gasteiger partial charge on any atom is 0.171 e. The van der Waals surface area contributed by atoms with E-state index in [1.807, 2.05) is 72.8 Å². The molecule has 19 aromatic carbocycles. The van der Waals surface area contributed by atoms with Gasteiger partial charge in [0.2, 0.25) is 0 Å². The Labute approximate surface area is 715 Å². The van der Waals surface area contributed by atoms with Crippen LogP contribution in [0.25, 0.3) is 100 Å². The number of rotatable bonds is 12. The maximum absolute atomic E-state index is 18.5. The second kappa shape index (κ2) is 26.9. The van der Waals surface area contributed by atoms with E-state index in [2.05, 4.69) is 382 Å². The van der Waals surface area contributed by atoms with Crippen molar-refractivity contribution < 1.29 is 13.7 Å². The van der Waals surface area contributed by atoms with Gasteiger partial charge in [0.1, 0.15) is 0 Å². The van der Waals surface area contributed by atoms with E-state index in [9.17, 15) is 0 Å². The fourth-order valence-corrected chi connectivity index (χ4v) is 31.9. The quantitative estimate of drug-likeness (QED) is 0.115. The van der Waals surface area contributed by atoms with Gasteiger partial charge in [0.15, 0.2) is 21.4 Å². The second-order valence-electron chi connectivity index (χ2n) is 33.4. The van der Waals surface area contributed by atoms with Crippen LogP contribution in [-0.2, 0) is 29.9 Å². The van der Waals surface area contributed by atoms with E-state index in [1.165, 1.54) is 0 Å². The molecule has 3 atom stereocenters. The lowest BCUT2D eigenvalue weighted by Crippen LogP contribution is -2.32. The van der Waals surface area contributed by atoms with E-state index < -0.39 is 37.7 Å². The molecular formula is C117H75O3P3. The van der Waals surface area contributed by atoms with Gasteiger partial charge >= 0.3 is 0 Å². The number of benzene rings is 19. The van der Waals surface area contributed by atoms with Gasteiger partial charge in [-0.25, -0.2) is 0 Å². The van der Waals surface area contributed by atoms with E-state index >= 15 is 13.7 Å². The summed E-state index contributed by atoms with van der Waals surface area (Å²) in [7, 11) is -11.8. The van der Waals surface area contributed by atoms with E-state index in [0.717, 1.165) is 215 Å². The average molecular weight is 1620 g/mol. The molecule has 3 nitrogen and oxygen atoms in total. The van der Waals surface area contributed by atoms with Crippen LogP contribution in [0, 0.1) is 0 Å². The standard InChI is InChI=1S/C117H75O3P3/c118-121(79-43-13-4-14-44-79,106-64-34-25-49-85(106)76-37-7-1-8-38-76)82-67-70-94-103(73-82)115(97-58-28-19-52-88(97)89-53-20-29-59-98(89)115)112-109(94)113-111(96-72-69-84(75-105(96)116(113)99-60-30-21-54-90(99)91-55-22-31-61-100(91)116)123(120,81-47-17-6-18-48-81)108-66-36-27-51-87(108)78-41-11-3-12-42-78)114-110(112)95-71-68-83(74-104(95)117(114)101-62-32-23-56-92(101)93-57-24-33-63-102(93)117)122(119,80-45-15-5-16-46-80)107-65-35-26-50-86(107)77-39-9-2-10-40-77/h1-75H. The largest absolute Gasteiger partial charge is 0.309 e. The van der Waals surface area contributed by atoms with Crippen LogP contribution in [0.2, 0.25) is 0 Å². The van der Waals surface area contributed by atoms with Gasteiger partial charge in [-0.1, -0.05) is 437 Å². The lowest BCUT2D eigenvalue weighted by atomic mass is 9.63. The monoisotopic (exact) mass is 1620 g/mol. The van der Waals surface area contributed by atoms with Crippen molar-refractivity contribution in [2.75, 3.05) is 0 Å². The van der Waals surface area contributed by atoms with Crippen LogP contribution in [-0.4, -0.2) is 0 Å². The summed E-state index contributed by atoms with van der Waals surface area (Å²) < 4.78 is 55.6. The Balaban J connectivity index is 0.904. The van der Waals surface area contributed by atoms with Crippen molar-refractivity contribution in [1.82, 2.24) is 0 Å². The minimum Gasteiger partial charge on any atom is -0.309 e. The molecule has 0 saturated carbocycles. The topological polar surface area (TPSA) is 51.2 Å². The molecule has 576 valence electrons. The first-order valence-electron chi connectivity index (χ1n) is 42.4. The fourth-order valence-electron chi connectivity index (χ4n) is 23.3. The zero-order chi connectivity index (χ0) is 81.5. The molecule has 3 spiro atoms. The third kappa shape index (κ3) is 9.44. The summed E-state index contributed by atoms with van der Waals surface area (Å²) >= 11 is 0. The summed E-state index contributed by atoms with van der Waals surface area (Å²) in [4.78, 5) is 0. The Bertz CT molecular complexity index is 6960. The van der Waals surface area contributed by atoms with Gasteiger partial charge in [-0.2, -0.15) is 0 Å². The summed E-state index contributed by atoms with van der Waals surface area (Å²) in [6.45, 7) is 0. The van der Waals surface area contributed by atoms with Crippen LogP contribution >= 0.6 is 21.4 Å². The molecule has 0 heterocycles. The number of hydrogen-bond donors (Lipinski definition) is 0. The van der Waals surface area contributed by atoms with Gasteiger partial charge in [0.25, 0.3) is 0 Å². The first-order chi connectivity index (χ1) is 60.7. The lowest BCUT2D eigenvalue weighted by molar-refractivity contribution is 0.591. The molecule has 0 saturated heterocycles. The summed E-state index contributed by atoms with van der Waals surface area (Å²) in [6.07, 6.45) is 0. The van der Waals surface area contributed by atoms with Crippen molar-refractivity contribution in [1.29, 1.82) is 0 Å². The molecule has 3 unspecified atom stereocenters. The smallest absolute Gasteiger partial charge is 0.171 e. The number of hydrogen-bond acceptors (Lipinski definition) is 3. The molecule has 0 radical (unpaired) electrons. The summed E-state index contributed by atoms with van der Waals surface area (Å²) in [6, 6.07) is 163. The SMILES string of the molecule is O=P(c1ccccc1)(c1ccc2c(c1)C1(c3ccccc3-c3ccccc31)c1c-2c2c(c3c1-c1ccc(P(=O)(c4ccccc4)c4ccccc4-c4ccccc4)cc1C31c3ccccc3-c3ccccc31)-c1ccc(P(=O)(c3ccccc3)c3ccccc3-c3ccccc3)cc1C21c2ccccc2-c2ccccc21)c1ccccc1-c1ccccc1. The first-order valence-corrected chi connectivity index (χ1v) is 47.6. The Morgan fingerprint density at radius 3 is 0.561 bits per heavy atom. The van der Waals surface area contributed by atoms with Crippen LogP contribution in [0.5, 0.6) is 0 Å².